The first-order valence-corrected chi connectivity index (χ1v) is 11.2. The average Bonchev–Trinajstić information content (AvgIpc) is 3.46. The largest absolute Gasteiger partial charge is 0.361 e. The van der Waals surface area contributed by atoms with Crippen LogP contribution in [-0.4, -0.2) is 42.0 Å². The number of aryl methyl sites for hydroxylation is 2. The summed E-state index contributed by atoms with van der Waals surface area (Å²) in [7, 11) is 1.60. The fraction of sp³-hybridized carbons (Fsp3) is 0.346. The number of carbonyl (C=O) groups excluding carboxylic acids is 2. The Labute approximate surface area is 192 Å². The molecule has 33 heavy (non-hydrogen) atoms. The standard InChI is InChI=1S/C26H28FN3O3/c1-18-7-3-5-9-21(18)23-15-20(33-29-23)16-26(25(32)28-2)13-14-30(17-26)24(31)12-11-19-8-4-6-10-22(19)27/h3-10,15H,11-14,16-17H2,1-2H3,(H,28,32). The van der Waals surface area contributed by atoms with Gasteiger partial charge in [0.15, 0.2) is 0 Å². The molecule has 4 rings (SSSR count). The summed E-state index contributed by atoms with van der Waals surface area (Å²) >= 11 is 0. The first-order chi connectivity index (χ1) is 15.9. The van der Waals surface area contributed by atoms with E-state index >= 15 is 0 Å². The van der Waals surface area contributed by atoms with E-state index in [0.29, 0.717) is 43.7 Å². The molecule has 1 N–H and O–H groups in total. The minimum Gasteiger partial charge on any atom is -0.361 e. The summed E-state index contributed by atoms with van der Waals surface area (Å²) in [5, 5.41) is 6.96. The van der Waals surface area contributed by atoms with Gasteiger partial charge in [0.1, 0.15) is 17.3 Å². The molecular formula is C26H28FN3O3. The second kappa shape index (κ2) is 9.57. The third kappa shape index (κ3) is 4.82. The van der Waals surface area contributed by atoms with Gasteiger partial charge in [0, 0.05) is 44.6 Å². The van der Waals surface area contributed by atoms with Crippen molar-refractivity contribution in [3.8, 4) is 11.3 Å². The van der Waals surface area contributed by atoms with Crippen LogP contribution in [0.15, 0.2) is 59.1 Å². The molecule has 1 saturated heterocycles. The van der Waals surface area contributed by atoms with Crippen molar-refractivity contribution < 1.29 is 18.5 Å². The lowest BCUT2D eigenvalue weighted by atomic mass is 9.81. The smallest absolute Gasteiger partial charge is 0.228 e. The lowest BCUT2D eigenvalue weighted by molar-refractivity contribution is -0.133. The monoisotopic (exact) mass is 449 g/mol. The van der Waals surface area contributed by atoms with E-state index in [2.05, 4.69) is 10.5 Å². The van der Waals surface area contributed by atoms with Crippen LogP contribution in [0.25, 0.3) is 11.3 Å². The zero-order valence-electron chi connectivity index (χ0n) is 18.9. The minimum absolute atomic E-state index is 0.0813. The van der Waals surface area contributed by atoms with E-state index in [1.807, 2.05) is 37.3 Å². The Morgan fingerprint density at radius 1 is 1.18 bits per heavy atom. The van der Waals surface area contributed by atoms with Crippen molar-refractivity contribution in [1.82, 2.24) is 15.4 Å². The van der Waals surface area contributed by atoms with Crippen LogP contribution >= 0.6 is 0 Å². The van der Waals surface area contributed by atoms with E-state index in [1.54, 1.807) is 30.1 Å². The van der Waals surface area contributed by atoms with Gasteiger partial charge in [-0.25, -0.2) is 4.39 Å². The van der Waals surface area contributed by atoms with Gasteiger partial charge in [-0.3, -0.25) is 9.59 Å². The van der Waals surface area contributed by atoms with Gasteiger partial charge in [0.2, 0.25) is 11.8 Å². The van der Waals surface area contributed by atoms with E-state index in [4.69, 9.17) is 4.52 Å². The lowest BCUT2D eigenvalue weighted by Crippen LogP contribution is -2.44. The van der Waals surface area contributed by atoms with Gasteiger partial charge in [-0.1, -0.05) is 47.6 Å². The van der Waals surface area contributed by atoms with Crippen molar-refractivity contribution in [2.45, 2.75) is 32.6 Å². The first-order valence-electron chi connectivity index (χ1n) is 11.2. The van der Waals surface area contributed by atoms with E-state index in [9.17, 15) is 14.0 Å². The molecule has 0 bridgehead atoms. The molecule has 1 atom stereocenters. The Morgan fingerprint density at radius 2 is 1.94 bits per heavy atom. The van der Waals surface area contributed by atoms with Gasteiger partial charge in [0.25, 0.3) is 0 Å². The lowest BCUT2D eigenvalue weighted by Gasteiger charge is -2.26. The second-order valence-corrected chi connectivity index (χ2v) is 8.69. The number of nitrogens with one attached hydrogen (secondary N) is 1. The van der Waals surface area contributed by atoms with Gasteiger partial charge in [-0.05, 0) is 37.0 Å². The van der Waals surface area contributed by atoms with Crippen molar-refractivity contribution in [2.75, 3.05) is 20.1 Å². The number of aromatic nitrogens is 1. The number of rotatable bonds is 7. The van der Waals surface area contributed by atoms with E-state index < -0.39 is 5.41 Å². The highest BCUT2D eigenvalue weighted by molar-refractivity contribution is 5.85. The van der Waals surface area contributed by atoms with Crippen LogP contribution in [0.3, 0.4) is 0 Å². The maximum atomic E-state index is 13.9. The highest BCUT2D eigenvalue weighted by Crippen LogP contribution is 2.36. The summed E-state index contributed by atoms with van der Waals surface area (Å²) in [6.45, 7) is 2.78. The number of likely N-dealkylation sites (tertiary alicyclic amines) is 1. The molecule has 1 aromatic heterocycles. The number of halogens is 1. The molecule has 1 aliphatic rings. The Bertz CT molecular complexity index is 1160. The molecule has 1 aliphatic heterocycles. The van der Waals surface area contributed by atoms with E-state index in [0.717, 1.165) is 16.8 Å². The molecule has 2 amide bonds. The number of hydrogen-bond acceptors (Lipinski definition) is 4. The molecule has 0 radical (unpaired) electrons. The topological polar surface area (TPSA) is 75.4 Å². The highest BCUT2D eigenvalue weighted by atomic mass is 19.1. The molecular weight excluding hydrogens is 421 g/mol. The summed E-state index contributed by atoms with van der Waals surface area (Å²) in [6.07, 6.45) is 1.41. The van der Waals surface area contributed by atoms with Crippen LogP contribution in [0.5, 0.6) is 0 Å². The van der Waals surface area contributed by atoms with Crippen molar-refractivity contribution >= 4 is 11.8 Å². The second-order valence-electron chi connectivity index (χ2n) is 8.69. The minimum atomic E-state index is -0.787. The third-order valence-electron chi connectivity index (χ3n) is 6.47. The van der Waals surface area contributed by atoms with Crippen LogP contribution in [-0.2, 0) is 22.4 Å². The van der Waals surface area contributed by atoms with Crippen molar-refractivity contribution in [3.05, 3.63) is 77.3 Å². The SMILES string of the molecule is CNC(=O)C1(Cc2cc(-c3ccccc3C)no2)CCN(C(=O)CCc2ccccc2F)C1. The van der Waals surface area contributed by atoms with Gasteiger partial charge < -0.3 is 14.7 Å². The van der Waals surface area contributed by atoms with Gasteiger partial charge in [0.05, 0.1) is 5.41 Å². The van der Waals surface area contributed by atoms with Crippen LogP contribution in [0, 0.1) is 18.2 Å². The number of benzene rings is 2. The van der Waals surface area contributed by atoms with Crippen molar-refractivity contribution in [2.24, 2.45) is 5.41 Å². The number of hydrogen-bond donors (Lipinski definition) is 1. The van der Waals surface area contributed by atoms with Gasteiger partial charge in [-0.15, -0.1) is 0 Å². The van der Waals surface area contributed by atoms with Crippen LogP contribution in [0.4, 0.5) is 4.39 Å². The fourth-order valence-corrected chi connectivity index (χ4v) is 4.58. The van der Waals surface area contributed by atoms with Crippen molar-refractivity contribution in [1.29, 1.82) is 0 Å². The normalized spacial score (nSPS) is 17.8. The summed E-state index contributed by atoms with van der Waals surface area (Å²) in [6, 6.07) is 16.3. The molecule has 0 spiro atoms. The highest BCUT2D eigenvalue weighted by Gasteiger charge is 2.46. The number of nitrogens with zero attached hydrogens (tertiary/aromatic N) is 2. The number of amides is 2. The quantitative estimate of drug-likeness (QED) is 0.593. The predicted octanol–water partition coefficient (Wildman–Crippen LogP) is 3.93. The molecule has 0 aliphatic carbocycles. The maximum Gasteiger partial charge on any atom is 0.228 e. The van der Waals surface area contributed by atoms with Crippen LogP contribution in [0.1, 0.15) is 29.7 Å². The summed E-state index contributed by atoms with van der Waals surface area (Å²) in [5.41, 5.74) is 2.54. The summed E-state index contributed by atoms with van der Waals surface area (Å²) in [5.74, 6) is 0.0988. The molecule has 3 aromatic rings. The Balaban J connectivity index is 1.46. The Kier molecular flexibility index (Phi) is 6.58. The van der Waals surface area contributed by atoms with Crippen LogP contribution in [0.2, 0.25) is 0 Å². The molecule has 2 heterocycles. The van der Waals surface area contributed by atoms with Crippen molar-refractivity contribution in [3.63, 3.8) is 0 Å². The number of carbonyl (C=O) groups is 2. The molecule has 2 aromatic carbocycles. The Morgan fingerprint density at radius 3 is 2.70 bits per heavy atom. The maximum absolute atomic E-state index is 13.9. The van der Waals surface area contributed by atoms with Crippen LogP contribution < -0.4 is 5.32 Å². The molecule has 1 unspecified atom stereocenters. The Hall–Kier alpha value is -3.48. The molecule has 0 saturated carbocycles. The third-order valence-corrected chi connectivity index (χ3v) is 6.47. The van der Waals surface area contributed by atoms with E-state index in [-0.39, 0.29) is 24.1 Å². The molecule has 1 fully saturated rings. The fourth-order valence-electron chi connectivity index (χ4n) is 4.58. The summed E-state index contributed by atoms with van der Waals surface area (Å²) < 4.78 is 19.5. The summed E-state index contributed by atoms with van der Waals surface area (Å²) in [4.78, 5) is 27.4. The van der Waals surface area contributed by atoms with E-state index in [1.165, 1.54) is 6.07 Å². The predicted molar refractivity (Wildman–Crippen MR) is 123 cm³/mol. The van der Waals surface area contributed by atoms with Gasteiger partial charge >= 0.3 is 0 Å². The molecule has 6 nitrogen and oxygen atoms in total. The first kappa shape index (κ1) is 22.7. The van der Waals surface area contributed by atoms with Gasteiger partial charge in [-0.2, -0.15) is 0 Å². The molecule has 172 valence electrons. The molecule has 7 heteroatoms. The zero-order chi connectivity index (χ0) is 23.4. The average molecular weight is 450 g/mol. The zero-order valence-corrected chi connectivity index (χ0v) is 18.9.